The van der Waals surface area contributed by atoms with Gasteiger partial charge in [0.1, 0.15) is 17.4 Å². The number of aromatic amines is 1. The fourth-order valence-electron chi connectivity index (χ4n) is 1.87. The van der Waals surface area contributed by atoms with E-state index in [1.165, 1.54) is 6.07 Å². The summed E-state index contributed by atoms with van der Waals surface area (Å²) >= 11 is 0. The molecule has 0 spiro atoms. The molecule has 1 aromatic heterocycles. The SMILES string of the molecule is Cc1ccc(-c2nc3ccc(O)cc3[nH]2)cc1F. The molecule has 0 amide bonds. The fourth-order valence-corrected chi connectivity index (χ4v) is 1.87. The first-order valence-electron chi connectivity index (χ1n) is 5.59. The number of nitrogens with one attached hydrogen (secondary N) is 1. The van der Waals surface area contributed by atoms with Crippen molar-refractivity contribution in [3.63, 3.8) is 0 Å². The number of phenolic OH excluding ortho intramolecular Hbond substituents is 1. The van der Waals surface area contributed by atoms with Crippen LogP contribution in [-0.4, -0.2) is 15.1 Å². The van der Waals surface area contributed by atoms with E-state index in [0.717, 1.165) is 11.0 Å². The highest BCUT2D eigenvalue weighted by atomic mass is 19.1. The van der Waals surface area contributed by atoms with Crippen molar-refractivity contribution in [2.75, 3.05) is 0 Å². The zero-order valence-electron chi connectivity index (χ0n) is 9.74. The summed E-state index contributed by atoms with van der Waals surface area (Å²) in [5.41, 5.74) is 2.76. The Hall–Kier alpha value is -2.36. The zero-order chi connectivity index (χ0) is 12.7. The smallest absolute Gasteiger partial charge is 0.138 e. The number of aryl methyl sites for hydroxylation is 1. The summed E-state index contributed by atoms with van der Waals surface area (Å²) in [5, 5.41) is 9.38. The largest absolute Gasteiger partial charge is 0.508 e. The van der Waals surface area contributed by atoms with Crippen molar-refractivity contribution >= 4 is 11.0 Å². The maximum absolute atomic E-state index is 13.5. The van der Waals surface area contributed by atoms with Crippen LogP contribution in [0, 0.1) is 12.7 Å². The molecule has 0 atom stereocenters. The average Bonchev–Trinajstić information content (AvgIpc) is 2.75. The maximum Gasteiger partial charge on any atom is 0.138 e. The van der Waals surface area contributed by atoms with Gasteiger partial charge < -0.3 is 10.1 Å². The van der Waals surface area contributed by atoms with Crippen LogP contribution in [0.25, 0.3) is 22.4 Å². The number of aromatic nitrogens is 2. The summed E-state index contributed by atoms with van der Waals surface area (Å²) in [7, 11) is 0. The summed E-state index contributed by atoms with van der Waals surface area (Å²) in [5.74, 6) is 0.512. The van der Waals surface area contributed by atoms with Crippen LogP contribution in [0.4, 0.5) is 4.39 Å². The van der Waals surface area contributed by atoms with Crippen LogP contribution in [0.5, 0.6) is 5.75 Å². The number of benzene rings is 2. The Labute approximate surface area is 103 Å². The third kappa shape index (κ3) is 1.72. The molecule has 90 valence electrons. The number of halogens is 1. The number of nitrogens with zero attached hydrogens (tertiary/aromatic N) is 1. The van der Waals surface area contributed by atoms with Crippen molar-refractivity contribution in [2.45, 2.75) is 6.92 Å². The van der Waals surface area contributed by atoms with Gasteiger partial charge >= 0.3 is 0 Å². The van der Waals surface area contributed by atoms with Gasteiger partial charge in [0, 0.05) is 11.6 Å². The Balaban J connectivity index is 2.16. The van der Waals surface area contributed by atoms with Crippen molar-refractivity contribution in [2.24, 2.45) is 0 Å². The van der Waals surface area contributed by atoms with E-state index < -0.39 is 0 Å². The number of hydrogen-bond donors (Lipinski definition) is 2. The van der Waals surface area contributed by atoms with E-state index in [1.54, 1.807) is 31.2 Å². The first-order valence-corrected chi connectivity index (χ1v) is 5.59. The quantitative estimate of drug-likeness (QED) is 0.687. The number of phenols is 1. The molecule has 0 aliphatic heterocycles. The third-order valence-corrected chi connectivity index (χ3v) is 2.91. The zero-order valence-corrected chi connectivity index (χ0v) is 9.74. The van der Waals surface area contributed by atoms with Crippen molar-refractivity contribution in [1.82, 2.24) is 9.97 Å². The van der Waals surface area contributed by atoms with Gasteiger partial charge in [0.25, 0.3) is 0 Å². The number of rotatable bonds is 1. The minimum atomic E-state index is -0.254. The molecule has 1 heterocycles. The van der Waals surface area contributed by atoms with Gasteiger partial charge in [-0.3, -0.25) is 0 Å². The fraction of sp³-hybridized carbons (Fsp3) is 0.0714. The minimum absolute atomic E-state index is 0.174. The second-order valence-electron chi connectivity index (χ2n) is 4.25. The molecule has 2 N–H and O–H groups in total. The molecular weight excluding hydrogens is 231 g/mol. The van der Waals surface area contributed by atoms with Gasteiger partial charge in [0.05, 0.1) is 11.0 Å². The highest BCUT2D eigenvalue weighted by molar-refractivity contribution is 5.80. The van der Waals surface area contributed by atoms with Gasteiger partial charge in [-0.05, 0) is 30.7 Å². The molecule has 3 rings (SSSR count). The van der Waals surface area contributed by atoms with Crippen LogP contribution in [-0.2, 0) is 0 Å². The van der Waals surface area contributed by atoms with Crippen LogP contribution >= 0.6 is 0 Å². The summed E-state index contributed by atoms with van der Waals surface area (Å²) in [6.45, 7) is 1.72. The van der Waals surface area contributed by atoms with E-state index in [0.29, 0.717) is 17.0 Å². The van der Waals surface area contributed by atoms with Crippen molar-refractivity contribution in [3.8, 4) is 17.1 Å². The van der Waals surface area contributed by atoms with E-state index >= 15 is 0 Å². The lowest BCUT2D eigenvalue weighted by atomic mass is 10.1. The molecule has 0 fully saturated rings. The monoisotopic (exact) mass is 242 g/mol. The first-order chi connectivity index (χ1) is 8.63. The molecule has 18 heavy (non-hydrogen) atoms. The standard InChI is InChI=1S/C14H11FN2O/c1-8-2-3-9(6-11(8)15)14-16-12-5-4-10(18)7-13(12)17-14/h2-7,18H,1H3,(H,16,17). The van der Waals surface area contributed by atoms with E-state index in [2.05, 4.69) is 9.97 Å². The van der Waals surface area contributed by atoms with Gasteiger partial charge in [0.15, 0.2) is 0 Å². The summed E-state index contributed by atoms with van der Waals surface area (Å²) in [6.07, 6.45) is 0. The number of fused-ring (bicyclic) bond motifs is 1. The van der Waals surface area contributed by atoms with Crippen molar-refractivity contribution in [1.29, 1.82) is 0 Å². The van der Waals surface area contributed by atoms with Crippen LogP contribution in [0.1, 0.15) is 5.56 Å². The molecule has 3 aromatic rings. The highest BCUT2D eigenvalue weighted by Gasteiger charge is 2.07. The number of imidazole rings is 1. The Morgan fingerprint density at radius 1 is 1.17 bits per heavy atom. The molecular formula is C14H11FN2O. The lowest BCUT2D eigenvalue weighted by Crippen LogP contribution is -1.85. The Kier molecular flexibility index (Phi) is 2.30. The van der Waals surface area contributed by atoms with Gasteiger partial charge in [-0.15, -0.1) is 0 Å². The average molecular weight is 242 g/mol. The van der Waals surface area contributed by atoms with Gasteiger partial charge in [0.2, 0.25) is 0 Å². The second-order valence-corrected chi connectivity index (χ2v) is 4.25. The number of H-pyrrole nitrogens is 1. The lowest BCUT2D eigenvalue weighted by molar-refractivity contribution is 0.476. The minimum Gasteiger partial charge on any atom is -0.508 e. The molecule has 0 unspecified atom stereocenters. The molecule has 0 aliphatic carbocycles. The first kappa shape index (κ1) is 10.8. The summed E-state index contributed by atoms with van der Waals surface area (Å²) in [4.78, 5) is 7.42. The van der Waals surface area contributed by atoms with Gasteiger partial charge in [-0.25, -0.2) is 9.37 Å². The summed E-state index contributed by atoms with van der Waals surface area (Å²) in [6, 6.07) is 9.87. The van der Waals surface area contributed by atoms with Crippen LogP contribution < -0.4 is 0 Å². The molecule has 2 aromatic carbocycles. The van der Waals surface area contributed by atoms with Crippen LogP contribution in [0.15, 0.2) is 36.4 Å². The number of aromatic hydroxyl groups is 1. The Morgan fingerprint density at radius 2 is 2.00 bits per heavy atom. The topological polar surface area (TPSA) is 48.9 Å². The van der Waals surface area contributed by atoms with E-state index in [-0.39, 0.29) is 11.6 Å². The Morgan fingerprint density at radius 3 is 2.78 bits per heavy atom. The van der Waals surface area contributed by atoms with E-state index in [1.807, 2.05) is 6.07 Å². The molecule has 0 saturated carbocycles. The highest BCUT2D eigenvalue weighted by Crippen LogP contribution is 2.24. The van der Waals surface area contributed by atoms with Crippen LogP contribution in [0.3, 0.4) is 0 Å². The lowest BCUT2D eigenvalue weighted by Gasteiger charge is -1.99. The summed E-state index contributed by atoms with van der Waals surface area (Å²) < 4.78 is 13.5. The third-order valence-electron chi connectivity index (χ3n) is 2.91. The maximum atomic E-state index is 13.5. The van der Waals surface area contributed by atoms with Crippen molar-refractivity contribution in [3.05, 3.63) is 47.8 Å². The molecule has 0 aliphatic rings. The molecule has 3 nitrogen and oxygen atoms in total. The van der Waals surface area contributed by atoms with E-state index in [4.69, 9.17) is 0 Å². The van der Waals surface area contributed by atoms with Crippen molar-refractivity contribution < 1.29 is 9.50 Å². The second kappa shape index (κ2) is 3.84. The van der Waals surface area contributed by atoms with E-state index in [9.17, 15) is 9.50 Å². The normalized spacial score (nSPS) is 11.0. The number of hydrogen-bond acceptors (Lipinski definition) is 2. The Bertz CT molecular complexity index is 734. The molecule has 4 heteroatoms. The predicted octanol–water partition coefficient (Wildman–Crippen LogP) is 3.38. The van der Waals surface area contributed by atoms with Gasteiger partial charge in [-0.2, -0.15) is 0 Å². The van der Waals surface area contributed by atoms with Gasteiger partial charge in [-0.1, -0.05) is 12.1 Å². The predicted molar refractivity (Wildman–Crippen MR) is 67.9 cm³/mol. The molecule has 0 bridgehead atoms. The molecule has 0 radical (unpaired) electrons. The van der Waals surface area contributed by atoms with Crippen LogP contribution in [0.2, 0.25) is 0 Å². The molecule has 0 saturated heterocycles.